The fourth-order valence-electron chi connectivity index (χ4n) is 1.78. The highest BCUT2D eigenvalue weighted by molar-refractivity contribution is 5.94. The number of aromatic nitrogens is 3. The summed E-state index contributed by atoms with van der Waals surface area (Å²) in [5.41, 5.74) is 0.989. The molecule has 1 aromatic heterocycles. The number of hydrogen-bond donors (Lipinski definition) is 2. The van der Waals surface area contributed by atoms with Crippen molar-refractivity contribution in [1.29, 1.82) is 0 Å². The quantitative estimate of drug-likeness (QED) is 0.834. The van der Waals surface area contributed by atoms with Crippen molar-refractivity contribution in [2.75, 3.05) is 11.9 Å². The van der Waals surface area contributed by atoms with Gasteiger partial charge in [-0.3, -0.25) is 4.79 Å². The van der Waals surface area contributed by atoms with Gasteiger partial charge in [-0.25, -0.2) is 9.48 Å². The van der Waals surface area contributed by atoms with E-state index in [1.54, 1.807) is 31.2 Å². The van der Waals surface area contributed by atoms with E-state index >= 15 is 0 Å². The smallest absolute Gasteiger partial charge is 0.358 e. The second-order valence-corrected chi connectivity index (χ2v) is 4.49. The van der Waals surface area contributed by atoms with Crippen LogP contribution in [0.4, 0.5) is 5.69 Å². The number of benzene rings is 1. The van der Waals surface area contributed by atoms with E-state index in [2.05, 4.69) is 15.6 Å². The maximum absolute atomic E-state index is 11.9. The van der Waals surface area contributed by atoms with E-state index in [1.165, 1.54) is 10.9 Å². The first kappa shape index (κ1) is 15.6. The number of carboxylic acid groups (broad SMARTS) is 1. The van der Waals surface area contributed by atoms with Crippen molar-refractivity contribution in [2.45, 2.75) is 20.0 Å². The molecule has 2 aromatic rings. The van der Waals surface area contributed by atoms with Crippen LogP contribution < -0.4 is 5.32 Å². The van der Waals surface area contributed by atoms with Gasteiger partial charge in [0.05, 0.1) is 11.9 Å². The fraction of sp³-hybridized carbons (Fsp3) is 0.286. The van der Waals surface area contributed by atoms with Gasteiger partial charge in [-0.1, -0.05) is 11.3 Å². The summed E-state index contributed by atoms with van der Waals surface area (Å²) in [6.07, 6.45) is 0.741. The molecule has 22 heavy (non-hydrogen) atoms. The van der Waals surface area contributed by atoms with E-state index in [1.807, 2.05) is 6.92 Å². The summed E-state index contributed by atoms with van der Waals surface area (Å²) in [7, 11) is 0. The number of amides is 1. The fourth-order valence-corrected chi connectivity index (χ4v) is 1.78. The Morgan fingerprint density at radius 3 is 2.86 bits per heavy atom. The lowest BCUT2D eigenvalue weighted by atomic mass is 10.2. The molecule has 116 valence electrons. The van der Waals surface area contributed by atoms with E-state index < -0.39 is 12.1 Å². The lowest BCUT2D eigenvalue weighted by Crippen LogP contribution is -2.27. The maximum atomic E-state index is 11.9. The molecule has 2 N–H and O–H groups in total. The number of carbonyl (C=O) groups is 2. The maximum Gasteiger partial charge on any atom is 0.358 e. The van der Waals surface area contributed by atoms with Crippen molar-refractivity contribution >= 4 is 17.6 Å². The molecule has 1 aromatic carbocycles. The SMILES string of the molecule is CCOC(C)C(=O)Nc1cccc(-n2cc(C(=O)O)nn2)c1. The van der Waals surface area contributed by atoms with Crippen LogP contribution in [0.1, 0.15) is 24.3 Å². The minimum absolute atomic E-state index is 0.153. The molecule has 2 rings (SSSR count). The number of nitrogens with zero attached hydrogens (tertiary/aromatic N) is 3. The molecule has 0 aliphatic heterocycles. The Morgan fingerprint density at radius 2 is 2.23 bits per heavy atom. The number of aromatic carboxylic acids is 1. The normalized spacial score (nSPS) is 11.9. The monoisotopic (exact) mass is 304 g/mol. The second kappa shape index (κ2) is 6.81. The molecule has 0 radical (unpaired) electrons. The third-order valence-corrected chi connectivity index (χ3v) is 2.88. The standard InChI is InChI=1S/C14H16N4O4/c1-3-22-9(2)13(19)15-10-5-4-6-11(7-10)18-8-12(14(20)21)16-17-18/h4-9H,3H2,1-2H3,(H,15,19)(H,20,21). The van der Waals surface area contributed by atoms with Crippen LogP contribution in [0.2, 0.25) is 0 Å². The first-order valence-electron chi connectivity index (χ1n) is 6.69. The highest BCUT2D eigenvalue weighted by Gasteiger charge is 2.13. The summed E-state index contributed by atoms with van der Waals surface area (Å²) in [6.45, 7) is 3.93. The van der Waals surface area contributed by atoms with Crippen LogP contribution in [0.5, 0.6) is 0 Å². The number of rotatable bonds is 6. The summed E-state index contributed by atoms with van der Waals surface area (Å²) < 4.78 is 6.54. The Labute approximate surface area is 126 Å². The molecule has 1 amide bonds. The highest BCUT2D eigenvalue weighted by atomic mass is 16.5. The van der Waals surface area contributed by atoms with E-state index in [4.69, 9.17) is 9.84 Å². The molecule has 0 saturated heterocycles. The molecule has 0 bridgehead atoms. The predicted octanol–water partition coefficient (Wildman–Crippen LogP) is 1.33. The third kappa shape index (κ3) is 3.67. The molecule has 0 spiro atoms. The molecule has 0 saturated carbocycles. The van der Waals surface area contributed by atoms with Gasteiger partial charge in [0.2, 0.25) is 0 Å². The van der Waals surface area contributed by atoms with Gasteiger partial charge in [0.1, 0.15) is 6.10 Å². The number of carbonyl (C=O) groups excluding carboxylic acids is 1. The van der Waals surface area contributed by atoms with Crippen LogP contribution >= 0.6 is 0 Å². The van der Waals surface area contributed by atoms with Crippen molar-refractivity contribution in [1.82, 2.24) is 15.0 Å². The van der Waals surface area contributed by atoms with Gasteiger partial charge in [-0.15, -0.1) is 5.10 Å². The van der Waals surface area contributed by atoms with Gasteiger partial charge in [-0.2, -0.15) is 0 Å². The van der Waals surface area contributed by atoms with E-state index in [9.17, 15) is 9.59 Å². The van der Waals surface area contributed by atoms with Gasteiger partial charge < -0.3 is 15.2 Å². The van der Waals surface area contributed by atoms with Crippen LogP contribution in [0.25, 0.3) is 5.69 Å². The Balaban J connectivity index is 2.15. The van der Waals surface area contributed by atoms with Gasteiger partial charge in [0.25, 0.3) is 5.91 Å². The van der Waals surface area contributed by atoms with Crippen molar-refractivity contribution in [3.8, 4) is 5.69 Å². The van der Waals surface area contributed by atoms with E-state index in [-0.39, 0.29) is 11.6 Å². The first-order chi connectivity index (χ1) is 10.5. The van der Waals surface area contributed by atoms with E-state index in [0.717, 1.165) is 0 Å². The molecule has 0 aliphatic carbocycles. The number of nitrogens with one attached hydrogen (secondary N) is 1. The average molecular weight is 304 g/mol. The summed E-state index contributed by atoms with van der Waals surface area (Å²) in [5.74, 6) is -1.41. The van der Waals surface area contributed by atoms with Crippen molar-refractivity contribution in [3.63, 3.8) is 0 Å². The van der Waals surface area contributed by atoms with Gasteiger partial charge in [-0.05, 0) is 32.0 Å². The van der Waals surface area contributed by atoms with Crippen LogP contribution in [-0.4, -0.2) is 44.7 Å². The molecule has 8 nitrogen and oxygen atoms in total. The molecule has 1 unspecified atom stereocenters. The summed E-state index contributed by atoms with van der Waals surface area (Å²) in [4.78, 5) is 22.7. The van der Waals surface area contributed by atoms with Gasteiger partial charge >= 0.3 is 5.97 Å². The second-order valence-electron chi connectivity index (χ2n) is 4.49. The van der Waals surface area contributed by atoms with Crippen LogP contribution in [-0.2, 0) is 9.53 Å². The minimum Gasteiger partial charge on any atom is -0.476 e. The lowest BCUT2D eigenvalue weighted by molar-refractivity contribution is -0.126. The zero-order chi connectivity index (χ0) is 16.1. The summed E-state index contributed by atoms with van der Waals surface area (Å²) in [5, 5.41) is 18.9. The Bertz CT molecular complexity index is 683. The minimum atomic E-state index is -1.15. The Hall–Kier alpha value is -2.74. The van der Waals surface area contributed by atoms with Crippen molar-refractivity contribution < 1.29 is 19.4 Å². The number of anilines is 1. The molecule has 1 atom stereocenters. The summed E-state index contributed by atoms with van der Waals surface area (Å²) >= 11 is 0. The zero-order valence-electron chi connectivity index (χ0n) is 12.2. The lowest BCUT2D eigenvalue weighted by Gasteiger charge is -2.12. The molecule has 1 heterocycles. The zero-order valence-corrected chi connectivity index (χ0v) is 12.2. The van der Waals surface area contributed by atoms with Gasteiger partial charge in [0.15, 0.2) is 5.69 Å². The topological polar surface area (TPSA) is 106 Å². The van der Waals surface area contributed by atoms with Crippen LogP contribution in [0, 0.1) is 0 Å². The largest absolute Gasteiger partial charge is 0.476 e. The summed E-state index contributed by atoms with van der Waals surface area (Å²) in [6, 6.07) is 6.83. The number of carboxylic acids is 1. The molecule has 0 aliphatic rings. The molecular formula is C14H16N4O4. The molecule has 8 heteroatoms. The highest BCUT2D eigenvalue weighted by Crippen LogP contribution is 2.14. The van der Waals surface area contributed by atoms with Gasteiger partial charge in [0, 0.05) is 12.3 Å². The Kier molecular flexibility index (Phi) is 4.84. The Morgan fingerprint density at radius 1 is 1.45 bits per heavy atom. The number of ether oxygens (including phenoxy) is 1. The predicted molar refractivity (Wildman–Crippen MR) is 78.0 cm³/mol. The van der Waals surface area contributed by atoms with Crippen molar-refractivity contribution in [2.24, 2.45) is 0 Å². The third-order valence-electron chi connectivity index (χ3n) is 2.88. The van der Waals surface area contributed by atoms with Crippen LogP contribution in [0.15, 0.2) is 30.5 Å². The average Bonchev–Trinajstić information content (AvgIpc) is 2.98. The number of hydrogen-bond acceptors (Lipinski definition) is 5. The van der Waals surface area contributed by atoms with Crippen molar-refractivity contribution in [3.05, 3.63) is 36.2 Å². The van der Waals surface area contributed by atoms with E-state index in [0.29, 0.717) is 18.0 Å². The molecule has 0 fully saturated rings. The molecular weight excluding hydrogens is 288 g/mol. The first-order valence-corrected chi connectivity index (χ1v) is 6.69. The van der Waals surface area contributed by atoms with Crippen LogP contribution in [0.3, 0.4) is 0 Å².